The molecule has 0 N–H and O–H groups in total. The zero-order valence-electron chi connectivity index (χ0n) is 11.1. The maximum absolute atomic E-state index is 9.12. The summed E-state index contributed by atoms with van der Waals surface area (Å²) in [6.07, 6.45) is 0. The Bertz CT molecular complexity index is 648. The molecule has 96 valence electrons. The van der Waals surface area contributed by atoms with Gasteiger partial charge in [-0.15, -0.1) is 0 Å². The van der Waals surface area contributed by atoms with E-state index in [1.807, 2.05) is 45.0 Å². The first kappa shape index (κ1) is 13.5. The first-order valence-corrected chi connectivity index (χ1v) is 6.35. The van der Waals surface area contributed by atoms with Gasteiger partial charge in [-0.3, -0.25) is 0 Å². The predicted octanol–water partition coefficient (Wildman–Crippen LogP) is 4.93. The van der Waals surface area contributed by atoms with E-state index in [1.54, 1.807) is 6.07 Å². The number of halogens is 1. The molecule has 3 heteroatoms. The molecule has 0 aromatic heterocycles. The monoisotopic (exact) mass is 271 g/mol. The van der Waals surface area contributed by atoms with Gasteiger partial charge in [0.2, 0.25) is 0 Å². The highest BCUT2D eigenvalue weighted by Gasteiger charge is 2.10. The predicted molar refractivity (Wildman–Crippen MR) is 76.9 cm³/mol. The number of aryl methyl sites for hydroxylation is 3. The van der Waals surface area contributed by atoms with E-state index in [0.29, 0.717) is 17.1 Å². The normalized spacial score (nSPS) is 10.1. The minimum absolute atomic E-state index is 0.533. The molecule has 0 aliphatic rings. The molecule has 2 rings (SSSR count). The Kier molecular flexibility index (Phi) is 3.78. The average Bonchev–Trinajstić information content (AvgIpc) is 2.38. The zero-order valence-corrected chi connectivity index (χ0v) is 11.9. The minimum atomic E-state index is 0.533. The van der Waals surface area contributed by atoms with Crippen molar-refractivity contribution < 1.29 is 4.74 Å². The molecule has 0 heterocycles. The van der Waals surface area contributed by atoms with Crippen molar-refractivity contribution in [1.29, 1.82) is 5.26 Å². The highest BCUT2D eigenvalue weighted by molar-refractivity contribution is 6.32. The first-order valence-electron chi connectivity index (χ1n) is 5.97. The number of nitriles is 1. The third-order valence-electron chi connectivity index (χ3n) is 2.96. The van der Waals surface area contributed by atoms with Crippen LogP contribution < -0.4 is 4.74 Å². The number of benzene rings is 2. The summed E-state index contributed by atoms with van der Waals surface area (Å²) in [4.78, 5) is 0. The molecule has 0 spiro atoms. The van der Waals surface area contributed by atoms with Crippen molar-refractivity contribution in [3.05, 3.63) is 57.6 Å². The van der Waals surface area contributed by atoms with E-state index < -0.39 is 0 Å². The first-order chi connectivity index (χ1) is 9.02. The molecule has 0 aliphatic heterocycles. The van der Waals surface area contributed by atoms with Gasteiger partial charge in [0.05, 0.1) is 5.56 Å². The molecule has 0 atom stereocenters. The summed E-state index contributed by atoms with van der Waals surface area (Å²) >= 11 is 6.13. The summed E-state index contributed by atoms with van der Waals surface area (Å²) in [5.74, 6) is 1.30. The summed E-state index contributed by atoms with van der Waals surface area (Å²) in [6, 6.07) is 11.4. The van der Waals surface area contributed by atoms with Gasteiger partial charge in [-0.25, -0.2) is 0 Å². The average molecular weight is 272 g/mol. The van der Waals surface area contributed by atoms with Crippen molar-refractivity contribution in [3.8, 4) is 17.6 Å². The molecule has 0 aliphatic carbocycles. The minimum Gasteiger partial charge on any atom is -0.456 e. The number of rotatable bonds is 2. The second-order valence-corrected chi connectivity index (χ2v) is 4.91. The third-order valence-corrected chi connectivity index (χ3v) is 3.56. The van der Waals surface area contributed by atoms with E-state index in [-0.39, 0.29) is 0 Å². The van der Waals surface area contributed by atoms with E-state index in [4.69, 9.17) is 21.6 Å². The van der Waals surface area contributed by atoms with E-state index in [1.165, 1.54) is 0 Å². The number of hydrogen-bond acceptors (Lipinski definition) is 2. The lowest BCUT2D eigenvalue weighted by atomic mass is 10.1. The zero-order chi connectivity index (χ0) is 14.0. The molecular formula is C16H14ClNO. The third kappa shape index (κ3) is 2.72. The van der Waals surface area contributed by atoms with Crippen LogP contribution in [0.1, 0.15) is 22.3 Å². The van der Waals surface area contributed by atoms with E-state index in [2.05, 4.69) is 6.07 Å². The second-order valence-electron chi connectivity index (χ2n) is 4.54. The van der Waals surface area contributed by atoms with Gasteiger partial charge in [-0.05, 0) is 55.7 Å². The Morgan fingerprint density at radius 2 is 1.68 bits per heavy atom. The Morgan fingerprint density at radius 3 is 2.26 bits per heavy atom. The molecule has 2 aromatic carbocycles. The summed E-state index contributed by atoms with van der Waals surface area (Å²) in [6.45, 7) is 5.79. The lowest BCUT2D eigenvalue weighted by molar-refractivity contribution is 0.476. The van der Waals surface area contributed by atoms with Gasteiger partial charge in [0, 0.05) is 5.02 Å². The van der Waals surface area contributed by atoms with Crippen LogP contribution >= 0.6 is 11.6 Å². The molecular weight excluding hydrogens is 258 g/mol. The summed E-state index contributed by atoms with van der Waals surface area (Å²) in [5.41, 5.74) is 3.39. The van der Waals surface area contributed by atoms with E-state index >= 15 is 0 Å². The summed E-state index contributed by atoms with van der Waals surface area (Å²) < 4.78 is 5.87. The fraction of sp³-hybridized carbons (Fsp3) is 0.188. The van der Waals surface area contributed by atoms with Gasteiger partial charge in [0.15, 0.2) is 0 Å². The maximum Gasteiger partial charge on any atom is 0.148 e. The summed E-state index contributed by atoms with van der Waals surface area (Å²) in [5, 5.41) is 9.87. The Morgan fingerprint density at radius 1 is 1.05 bits per heavy atom. The maximum atomic E-state index is 9.12. The molecule has 0 amide bonds. The Labute approximate surface area is 118 Å². The van der Waals surface area contributed by atoms with Crippen molar-refractivity contribution in [2.45, 2.75) is 20.8 Å². The number of ether oxygens (including phenoxy) is 1. The lowest BCUT2D eigenvalue weighted by Crippen LogP contribution is -1.93. The van der Waals surface area contributed by atoms with Crippen LogP contribution in [0.4, 0.5) is 0 Å². The van der Waals surface area contributed by atoms with E-state index in [0.717, 1.165) is 21.7 Å². The Balaban J connectivity index is 2.45. The molecule has 2 aromatic rings. The van der Waals surface area contributed by atoms with Crippen molar-refractivity contribution >= 4 is 11.6 Å². The van der Waals surface area contributed by atoms with Gasteiger partial charge in [0.25, 0.3) is 0 Å². The van der Waals surface area contributed by atoms with E-state index in [9.17, 15) is 0 Å². The number of nitrogens with zero attached hydrogens (tertiary/aromatic N) is 1. The molecule has 0 bridgehead atoms. The molecule has 19 heavy (non-hydrogen) atoms. The fourth-order valence-electron chi connectivity index (χ4n) is 1.96. The molecule has 0 unspecified atom stereocenters. The molecule has 0 fully saturated rings. The van der Waals surface area contributed by atoms with Gasteiger partial charge >= 0.3 is 0 Å². The van der Waals surface area contributed by atoms with Crippen LogP contribution in [0.25, 0.3) is 0 Å². The Hall–Kier alpha value is -1.98. The van der Waals surface area contributed by atoms with Crippen LogP contribution in [-0.4, -0.2) is 0 Å². The van der Waals surface area contributed by atoms with Crippen LogP contribution in [0.5, 0.6) is 11.5 Å². The standard InChI is InChI=1S/C16H14ClNO/c1-10-5-4-6-13(9-18)16(10)19-14-7-11(2)15(17)12(3)8-14/h4-8H,1-3H3. The van der Waals surface area contributed by atoms with Gasteiger partial charge in [-0.1, -0.05) is 23.7 Å². The lowest BCUT2D eigenvalue weighted by Gasteiger charge is -2.12. The van der Waals surface area contributed by atoms with Gasteiger partial charge < -0.3 is 4.74 Å². The second kappa shape index (κ2) is 5.34. The van der Waals surface area contributed by atoms with Gasteiger partial charge in [-0.2, -0.15) is 5.26 Å². The molecule has 0 saturated heterocycles. The number of para-hydroxylation sites is 1. The van der Waals surface area contributed by atoms with Crippen molar-refractivity contribution in [3.63, 3.8) is 0 Å². The van der Waals surface area contributed by atoms with Crippen LogP contribution in [0, 0.1) is 32.1 Å². The van der Waals surface area contributed by atoms with Crippen LogP contribution in [0.3, 0.4) is 0 Å². The number of hydrogen-bond donors (Lipinski definition) is 0. The topological polar surface area (TPSA) is 33.0 Å². The summed E-state index contributed by atoms with van der Waals surface area (Å²) in [7, 11) is 0. The molecule has 0 radical (unpaired) electrons. The largest absolute Gasteiger partial charge is 0.456 e. The van der Waals surface area contributed by atoms with Crippen LogP contribution in [0.15, 0.2) is 30.3 Å². The van der Waals surface area contributed by atoms with Crippen LogP contribution in [-0.2, 0) is 0 Å². The van der Waals surface area contributed by atoms with Gasteiger partial charge in [0.1, 0.15) is 17.6 Å². The fourth-order valence-corrected chi connectivity index (χ4v) is 2.07. The highest BCUT2D eigenvalue weighted by atomic mass is 35.5. The highest BCUT2D eigenvalue weighted by Crippen LogP contribution is 2.32. The van der Waals surface area contributed by atoms with Crippen molar-refractivity contribution in [2.24, 2.45) is 0 Å². The molecule has 2 nitrogen and oxygen atoms in total. The van der Waals surface area contributed by atoms with Crippen LogP contribution in [0.2, 0.25) is 5.02 Å². The quantitative estimate of drug-likeness (QED) is 0.776. The van der Waals surface area contributed by atoms with Crippen molar-refractivity contribution in [2.75, 3.05) is 0 Å². The SMILES string of the molecule is Cc1cc(Oc2c(C)cccc2C#N)cc(C)c1Cl. The van der Waals surface area contributed by atoms with Crippen molar-refractivity contribution in [1.82, 2.24) is 0 Å². The smallest absolute Gasteiger partial charge is 0.148 e. The molecule has 0 saturated carbocycles.